The molecule has 15 heavy (non-hydrogen) atoms. The van der Waals surface area contributed by atoms with Crippen molar-refractivity contribution in [2.45, 2.75) is 32.7 Å². The molecular weight excluding hydrogens is 190 g/mol. The fraction of sp³-hybridized carbons (Fsp3) is 0.909. The molecular formula is C11H23N3O. The van der Waals surface area contributed by atoms with Gasteiger partial charge in [-0.1, -0.05) is 13.8 Å². The van der Waals surface area contributed by atoms with Crippen molar-refractivity contribution in [2.75, 3.05) is 32.7 Å². The molecule has 0 spiro atoms. The van der Waals surface area contributed by atoms with Crippen molar-refractivity contribution in [1.29, 1.82) is 0 Å². The Morgan fingerprint density at radius 2 is 2.13 bits per heavy atom. The minimum atomic E-state index is 0.215. The van der Waals surface area contributed by atoms with E-state index in [4.69, 9.17) is 5.73 Å². The Morgan fingerprint density at radius 1 is 1.47 bits per heavy atom. The van der Waals surface area contributed by atoms with Crippen molar-refractivity contribution >= 4 is 5.91 Å². The van der Waals surface area contributed by atoms with Crippen molar-refractivity contribution in [3.05, 3.63) is 0 Å². The predicted octanol–water partition coefficient (Wildman–Crippen LogP) is 0.278. The quantitative estimate of drug-likeness (QED) is 0.713. The van der Waals surface area contributed by atoms with E-state index in [2.05, 4.69) is 18.7 Å². The lowest BCUT2D eigenvalue weighted by Crippen LogP contribution is -2.38. The van der Waals surface area contributed by atoms with Gasteiger partial charge in [0.25, 0.3) is 0 Å². The Labute approximate surface area is 92.4 Å². The van der Waals surface area contributed by atoms with Crippen molar-refractivity contribution in [2.24, 2.45) is 5.73 Å². The van der Waals surface area contributed by atoms with Gasteiger partial charge in [0.15, 0.2) is 0 Å². The Bertz CT molecular complexity index is 204. The van der Waals surface area contributed by atoms with Crippen molar-refractivity contribution < 1.29 is 4.79 Å². The standard InChI is InChI=1S/C11H23N3O/c1-3-13(4-2)10-6-8-14(9-10)11(15)5-7-12/h10H,3-9,12H2,1-2H3. The molecule has 1 heterocycles. The minimum Gasteiger partial charge on any atom is -0.341 e. The maximum absolute atomic E-state index is 11.6. The number of hydrogen-bond acceptors (Lipinski definition) is 3. The topological polar surface area (TPSA) is 49.6 Å². The van der Waals surface area contributed by atoms with Gasteiger partial charge >= 0.3 is 0 Å². The first-order chi connectivity index (χ1) is 7.22. The monoisotopic (exact) mass is 213 g/mol. The molecule has 1 atom stereocenters. The highest BCUT2D eigenvalue weighted by Crippen LogP contribution is 2.15. The van der Waals surface area contributed by atoms with Crippen LogP contribution in [0.2, 0.25) is 0 Å². The van der Waals surface area contributed by atoms with Gasteiger partial charge in [0.1, 0.15) is 0 Å². The first kappa shape index (κ1) is 12.5. The van der Waals surface area contributed by atoms with E-state index in [-0.39, 0.29) is 5.91 Å². The van der Waals surface area contributed by atoms with Crippen LogP contribution < -0.4 is 5.73 Å². The number of hydrogen-bond donors (Lipinski definition) is 1. The number of carbonyl (C=O) groups is 1. The van der Waals surface area contributed by atoms with Gasteiger partial charge in [-0.2, -0.15) is 0 Å². The van der Waals surface area contributed by atoms with Crippen LogP contribution in [0.15, 0.2) is 0 Å². The molecule has 0 radical (unpaired) electrons. The van der Waals surface area contributed by atoms with Gasteiger partial charge in [0, 0.05) is 32.1 Å². The van der Waals surface area contributed by atoms with E-state index in [0.717, 1.165) is 32.6 Å². The van der Waals surface area contributed by atoms with Gasteiger partial charge in [0.2, 0.25) is 5.91 Å². The second-order valence-electron chi connectivity index (χ2n) is 4.04. The van der Waals surface area contributed by atoms with E-state index >= 15 is 0 Å². The summed E-state index contributed by atoms with van der Waals surface area (Å²) in [6, 6.07) is 0.557. The molecule has 1 rings (SSSR count). The number of likely N-dealkylation sites (N-methyl/N-ethyl adjacent to an activating group) is 1. The van der Waals surface area contributed by atoms with E-state index in [1.165, 1.54) is 0 Å². The molecule has 1 aliphatic heterocycles. The number of amides is 1. The lowest BCUT2D eigenvalue weighted by Gasteiger charge is -2.26. The summed E-state index contributed by atoms with van der Waals surface area (Å²) in [6.07, 6.45) is 1.60. The van der Waals surface area contributed by atoms with Crippen LogP contribution in [0.25, 0.3) is 0 Å². The van der Waals surface area contributed by atoms with Crippen LogP contribution in [0.5, 0.6) is 0 Å². The zero-order valence-corrected chi connectivity index (χ0v) is 9.91. The van der Waals surface area contributed by atoms with Crippen LogP contribution in [0.1, 0.15) is 26.7 Å². The Morgan fingerprint density at radius 3 is 2.67 bits per heavy atom. The summed E-state index contributed by atoms with van der Waals surface area (Å²) in [4.78, 5) is 16.0. The summed E-state index contributed by atoms with van der Waals surface area (Å²) in [5.41, 5.74) is 5.39. The highest BCUT2D eigenvalue weighted by atomic mass is 16.2. The third kappa shape index (κ3) is 3.18. The SMILES string of the molecule is CCN(CC)C1CCN(C(=O)CCN)C1. The third-order valence-corrected chi connectivity index (χ3v) is 3.20. The molecule has 0 aromatic carbocycles. The average Bonchev–Trinajstić information content (AvgIpc) is 2.69. The largest absolute Gasteiger partial charge is 0.341 e. The van der Waals surface area contributed by atoms with Crippen LogP contribution in [0.3, 0.4) is 0 Å². The third-order valence-electron chi connectivity index (χ3n) is 3.20. The summed E-state index contributed by atoms with van der Waals surface area (Å²) in [5.74, 6) is 0.215. The lowest BCUT2D eigenvalue weighted by atomic mass is 10.2. The number of rotatable bonds is 5. The van der Waals surface area contributed by atoms with Crippen molar-refractivity contribution in [3.8, 4) is 0 Å². The van der Waals surface area contributed by atoms with Crippen LogP contribution in [-0.4, -0.2) is 54.5 Å². The summed E-state index contributed by atoms with van der Waals surface area (Å²) in [7, 11) is 0. The van der Waals surface area contributed by atoms with Crippen molar-refractivity contribution in [3.63, 3.8) is 0 Å². The van der Waals surface area contributed by atoms with E-state index in [9.17, 15) is 4.79 Å². The summed E-state index contributed by atoms with van der Waals surface area (Å²) >= 11 is 0. The van der Waals surface area contributed by atoms with Crippen LogP contribution in [-0.2, 0) is 4.79 Å². The van der Waals surface area contributed by atoms with Gasteiger partial charge in [-0.05, 0) is 19.5 Å². The molecule has 1 fully saturated rings. The maximum Gasteiger partial charge on any atom is 0.223 e. The van der Waals surface area contributed by atoms with Crippen LogP contribution in [0.4, 0.5) is 0 Å². The number of nitrogens with zero attached hydrogens (tertiary/aromatic N) is 2. The number of nitrogens with two attached hydrogens (primary N) is 1. The average molecular weight is 213 g/mol. The fourth-order valence-electron chi connectivity index (χ4n) is 2.29. The second-order valence-corrected chi connectivity index (χ2v) is 4.04. The number of likely N-dealkylation sites (tertiary alicyclic amines) is 1. The number of carbonyl (C=O) groups excluding carboxylic acids is 1. The van der Waals surface area contributed by atoms with Crippen LogP contribution >= 0.6 is 0 Å². The molecule has 0 saturated carbocycles. The molecule has 1 unspecified atom stereocenters. The molecule has 1 aliphatic rings. The molecule has 88 valence electrons. The smallest absolute Gasteiger partial charge is 0.223 e. The van der Waals surface area contributed by atoms with Crippen LogP contribution in [0, 0.1) is 0 Å². The summed E-state index contributed by atoms with van der Waals surface area (Å²) in [6.45, 7) is 8.74. The molecule has 1 saturated heterocycles. The molecule has 0 aliphatic carbocycles. The molecule has 2 N–H and O–H groups in total. The van der Waals surface area contributed by atoms with Gasteiger partial charge < -0.3 is 10.6 Å². The summed E-state index contributed by atoms with van der Waals surface area (Å²) < 4.78 is 0. The molecule has 0 aromatic rings. The molecule has 1 amide bonds. The highest BCUT2D eigenvalue weighted by Gasteiger charge is 2.28. The molecule has 0 aromatic heterocycles. The zero-order chi connectivity index (χ0) is 11.3. The van der Waals surface area contributed by atoms with Gasteiger partial charge in [-0.25, -0.2) is 0 Å². The van der Waals surface area contributed by atoms with Gasteiger partial charge in [-0.3, -0.25) is 9.69 Å². The normalized spacial score (nSPS) is 21.3. The van der Waals surface area contributed by atoms with E-state index in [1.807, 2.05) is 4.90 Å². The maximum atomic E-state index is 11.6. The summed E-state index contributed by atoms with van der Waals surface area (Å²) in [5, 5.41) is 0. The second kappa shape index (κ2) is 6.08. The Hall–Kier alpha value is -0.610. The molecule has 0 bridgehead atoms. The predicted molar refractivity (Wildman–Crippen MR) is 61.6 cm³/mol. The highest BCUT2D eigenvalue weighted by molar-refractivity contribution is 5.76. The van der Waals surface area contributed by atoms with Crippen molar-refractivity contribution in [1.82, 2.24) is 9.80 Å². The van der Waals surface area contributed by atoms with E-state index < -0.39 is 0 Å². The zero-order valence-electron chi connectivity index (χ0n) is 9.91. The van der Waals surface area contributed by atoms with Gasteiger partial charge in [0.05, 0.1) is 0 Å². The molecule has 4 nitrogen and oxygen atoms in total. The Kier molecular flexibility index (Phi) is 5.05. The molecule has 4 heteroatoms. The van der Waals surface area contributed by atoms with E-state index in [0.29, 0.717) is 19.0 Å². The van der Waals surface area contributed by atoms with E-state index in [1.54, 1.807) is 0 Å². The lowest BCUT2D eigenvalue weighted by molar-refractivity contribution is -0.130. The minimum absolute atomic E-state index is 0.215. The first-order valence-corrected chi connectivity index (χ1v) is 5.94. The fourth-order valence-corrected chi connectivity index (χ4v) is 2.29. The van der Waals surface area contributed by atoms with Gasteiger partial charge in [-0.15, -0.1) is 0 Å². The Balaban J connectivity index is 2.41. The first-order valence-electron chi connectivity index (χ1n) is 5.94.